The number of phenolic OH excluding ortho intramolecular Hbond substituents is 1. The van der Waals surface area contributed by atoms with E-state index in [1.165, 1.54) is 72.8 Å². The molecule has 0 unspecified atom stereocenters. The largest absolute Gasteiger partial charge is 0.508 e. The Kier molecular flexibility index (Phi) is 4.97. The standard InChI is InChI=1S/C18H14O6S2/c19-13-1-9-17(10-2-13)26(22,23)18-11-5-15(6-12-18)24-14-3-7-16(8-4-14)25(20)21/h1-12,19,25H. The van der Waals surface area contributed by atoms with Crippen molar-refractivity contribution in [3.8, 4) is 17.2 Å². The van der Waals surface area contributed by atoms with Crippen LogP contribution < -0.4 is 4.74 Å². The molecule has 26 heavy (non-hydrogen) atoms. The molecule has 0 spiro atoms. The van der Waals surface area contributed by atoms with Gasteiger partial charge in [0.15, 0.2) is 10.7 Å². The molecule has 134 valence electrons. The maximum absolute atomic E-state index is 12.5. The van der Waals surface area contributed by atoms with E-state index >= 15 is 0 Å². The summed E-state index contributed by atoms with van der Waals surface area (Å²) in [6.45, 7) is 0. The average molecular weight is 390 g/mol. The molecule has 0 aromatic heterocycles. The van der Waals surface area contributed by atoms with Crippen molar-refractivity contribution in [2.24, 2.45) is 0 Å². The highest BCUT2D eigenvalue weighted by molar-refractivity contribution is 7.91. The number of hydrogen-bond donors (Lipinski definition) is 2. The summed E-state index contributed by atoms with van der Waals surface area (Å²) in [4.78, 5) is 0.350. The molecule has 0 fully saturated rings. The smallest absolute Gasteiger partial charge is 0.206 e. The number of rotatable bonds is 5. The molecule has 0 amide bonds. The van der Waals surface area contributed by atoms with Gasteiger partial charge in [0.05, 0.1) is 14.7 Å². The second kappa shape index (κ2) is 7.19. The van der Waals surface area contributed by atoms with E-state index in [1.807, 2.05) is 0 Å². The summed E-state index contributed by atoms with van der Waals surface area (Å²) in [5.74, 6) is 0.828. The van der Waals surface area contributed by atoms with Gasteiger partial charge in [0.25, 0.3) is 0 Å². The van der Waals surface area contributed by atoms with Crippen LogP contribution in [0.1, 0.15) is 0 Å². The third kappa shape index (κ3) is 3.87. The number of benzene rings is 3. The van der Waals surface area contributed by atoms with Crippen molar-refractivity contribution >= 4 is 20.5 Å². The van der Waals surface area contributed by atoms with Gasteiger partial charge in [-0.05, 0) is 72.8 Å². The molecule has 0 aliphatic rings. The van der Waals surface area contributed by atoms with Gasteiger partial charge in [-0.2, -0.15) is 0 Å². The van der Waals surface area contributed by atoms with Crippen LogP contribution in [0.15, 0.2) is 87.5 Å². The van der Waals surface area contributed by atoms with Crippen LogP contribution >= 0.6 is 0 Å². The Morgan fingerprint density at radius 3 is 1.58 bits per heavy atom. The topological polar surface area (TPSA) is 97.7 Å². The fourth-order valence-corrected chi connectivity index (χ4v) is 3.87. The normalized spacial score (nSPS) is 11.4. The first-order valence-electron chi connectivity index (χ1n) is 7.43. The van der Waals surface area contributed by atoms with Crippen molar-refractivity contribution < 1.29 is 26.7 Å². The van der Waals surface area contributed by atoms with Crippen molar-refractivity contribution in [1.82, 2.24) is 0 Å². The maximum atomic E-state index is 12.5. The summed E-state index contributed by atoms with van der Waals surface area (Å²) in [5, 5.41) is 9.27. The summed E-state index contributed by atoms with van der Waals surface area (Å²) < 4.78 is 52.4. The molecule has 0 aliphatic heterocycles. The Balaban J connectivity index is 1.80. The van der Waals surface area contributed by atoms with Crippen LogP contribution in [0.2, 0.25) is 0 Å². The lowest BCUT2D eigenvalue weighted by Gasteiger charge is -2.08. The van der Waals surface area contributed by atoms with Gasteiger partial charge in [-0.3, -0.25) is 0 Å². The van der Waals surface area contributed by atoms with Crippen LogP contribution in [0.4, 0.5) is 0 Å². The number of sulfone groups is 1. The van der Waals surface area contributed by atoms with Crippen LogP contribution in [0, 0.1) is 0 Å². The Morgan fingerprint density at radius 2 is 1.12 bits per heavy atom. The Hall–Kier alpha value is -2.84. The van der Waals surface area contributed by atoms with Gasteiger partial charge < -0.3 is 9.84 Å². The highest BCUT2D eigenvalue weighted by Crippen LogP contribution is 2.27. The molecule has 0 radical (unpaired) electrons. The predicted molar refractivity (Wildman–Crippen MR) is 95.1 cm³/mol. The molecule has 0 saturated carbocycles. The molecule has 3 aromatic carbocycles. The Morgan fingerprint density at radius 1 is 0.692 bits per heavy atom. The Labute approximate surface area is 152 Å². The van der Waals surface area contributed by atoms with E-state index in [1.54, 1.807) is 0 Å². The van der Waals surface area contributed by atoms with E-state index in [4.69, 9.17) is 4.74 Å². The number of hydrogen-bond acceptors (Lipinski definition) is 6. The van der Waals surface area contributed by atoms with Crippen molar-refractivity contribution in [3.05, 3.63) is 72.8 Å². The second-order valence-electron chi connectivity index (χ2n) is 5.32. The van der Waals surface area contributed by atoms with E-state index in [9.17, 15) is 21.9 Å². The van der Waals surface area contributed by atoms with Crippen molar-refractivity contribution in [2.45, 2.75) is 14.7 Å². The molecular weight excluding hydrogens is 376 g/mol. The third-order valence-electron chi connectivity index (χ3n) is 3.56. The highest BCUT2D eigenvalue weighted by Gasteiger charge is 2.17. The average Bonchev–Trinajstić information content (AvgIpc) is 2.63. The fourth-order valence-electron chi connectivity index (χ4n) is 2.22. The molecule has 1 N–H and O–H groups in total. The second-order valence-corrected chi connectivity index (χ2v) is 8.30. The minimum absolute atomic E-state index is 0.0137. The minimum Gasteiger partial charge on any atom is -0.508 e. The van der Waals surface area contributed by atoms with Crippen molar-refractivity contribution in [1.29, 1.82) is 0 Å². The van der Waals surface area contributed by atoms with Crippen LogP contribution in [-0.4, -0.2) is 21.9 Å². The van der Waals surface area contributed by atoms with Gasteiger partial charge in [-0.1, -0.05) is 0 Å². The van der Waals surface area contributed by atoms with Gasteiger partial charge in [0.2, 0.25) is 9.84 Å². The predicted octanol–water partition coefficient (Wildman–Crippen LogP) is 2.99. The Bertz CT molecular complexity index is 1070. The third-order valence-corrected chi connectivity index (χ3v) is 6.07. The molecule has 6 nitrogen and oxygen atoms in total. The fraction of sp³-hybridized carbons (Fsp3) is 0. The monoisotopic (exact) mass is 390 g/mol. The summed E-state index contributed by atoms with van der Waals surface area (Å²) >= 11 is 0. The zero-order valence-corrected chi connectivity index (χ0v) is 15.0. The number of aromatic hydroxyl groups is 1. The summed E-state index contributed by atoms with van der Waals surface area (Å²) in [5.41, 5.74) is 0. The first-order chi connectivity index (χ1) is 12.4. The zero-order chi connectivity index (χ0) is 18.7. The van der Waals surface area contributed by atoms with Crippen LogP contribution in [0.5, 0.6) is 17.2 Å². The molecule has 0 heterocycles. The van der Waals surface area contributed by atoms with Gasteiger partial charge in [0, 0.05) is 0 Å². The summed E-state index contributed by atoms with van der Waals surface area (Å²) in [7, 11) is -6.34. The quantitative estimate of drug-likeness (QED) is 0.650. The van der Waals surface area contributed by atoms with Crippen molar-refractivity contribution in [2.75, 3.05) is 0 Å². The zero-order valence-electron chi connectivity index (χ0n) is 13.3. The van der Waals surface area contributed by atoms with Gasteiger partial charge in [-0.15, -0.1) is 0 Å². The summed E-state index contributed by atoms with van der Waals surface area (Å²) in [6, 6.07) is 17.0. The molecule has 0 bridgehead atoms. The van der Waals surface area contributed by atoms with Gasteiger partial charge in [0.1, 0.15) is 17.2 Å². The first kappa shape index (κ1) is 18.0. The molecule has 3 aromatic rings. The van der Waals surface area contributed by atoms with E-state index in [0.29, 0.717) is 11.5 Å². The lowest BCUT2D eigenvalue weighted by atomic mass is 10.3. The molecule has 3 rings (SSSR count). The number of thiol groups is 1. The summed E-state index contributed by atoms with van der Waals surface area (Å²) in [6.07, 6.45) is 0. The van der Waals surface area contributed by atoms with E-state index in [0.717, 1.165) is 0 Å². The maximum Gasteiger partial charge on any atom is 0.206 e. The van der Waals surface area contributed by atoms with Crippen LogP contribution in [0.25, 0.3) is 0 Å². The van der Waals surface area contributed by atoms with E-state index in [-0.39, 0.29) is 20.4 Å². The first-order valence-corrected chi connectivity index (χ1v) is 10.1. The van der Waals surface area contributed by atoms with Crippen molar-refractivity contribution in [3.63, 3.8) is 0 Å². The van der Waals surface area contributed by atoms with Gasteiger partial charge in [-0.25, -0.2) is 16.8 Å². The van der Waals surface area contributed by atoms with Crippen LogP contribution in [-0.2, 0) is 20.5 Å². The van der Waals surface area contributed by atoms with Gasteiger partial charge >= 0.3 is 0 Å². The number of phenols is 1. The highest BCUT2D eigenvalue weighted by atomic mass is 32.2. The minimum atomic E-state index is -3.69. The molecular formula is C18H14O6S2. The van der Waals surface area contributed by atoms with Crippen LogP contribution in [0.3, 0.4) is 0 Å². The molecule has 8 heteroatoms. The SMILES string of the molecule is O=[SH](=O)c1ccc(Oc2ccc(S(=O)(=O)c3ccc(O)cc3)cc2)cc1. The number of ether oxygens (including phenoxy) is 1. The lowest BCUT2D eigenvalue weighted by molar-refractivity contribution is 0.474. The molecule has 0 aliphatic carbocycles. The van der Waals surface area contributed by atoms with E-state index < -0.39 is 20.5 Å². The molecule has 0 saturated heterocycles. The lowest BCUT2D eigenvalue weighted by Crippen LogP contribution is -2.01. The van der Waals surface area contributed by atoms with E-state index in [2.05, 4.69) is 0 Å². The molecule has 0 atom stereocenters.